The Balaban J connectivity index is 2.16. The first kappa shape index (κ1) is 15.0. The molecule has 20 heavy (non-hydrogen) atoms. The van der Waals surface area contributed by atoms with Crippen molar-refractivity contribution in [1.82, 2.24) is 4.90 Å². The zero-order valence-corrected chi connectivity index (χ0v) is 12.8. The Bertz CT molecular complexity index is 462. The van der Waals surface area contributed by atoms with E-state index >= 15 is 0 Å². The van der Waals surface area contributed by atoms with Gasteiger partial charge < -0.3 is 4.74 Å². The monoisotopic (exact) mass is 275 g/mol. The van der Waals surface area contributed by atoms with Crippen LogP contribution in [0, 0.1) is 0 Å². The third-order valence-corrected chi connectivity index (χ3v) is 4.55. The molecular formula is C17H25NO2. The summed E-state index contributed by atoms with van der Waals surface area (Å²) in [5.74, 6) is 1.16. The highest BCUT2D eigenvalue weighted by Gasteiger charge is 2.40. The minimum absolute atomic E-state index is 0.263. The molecule has 0 unspecified atom stereocenters. The molecule has 0 N–H and O–H groups in total. The number of rotatable bonds is 5. The molecule has 1 aliphatic carbocycles. The molecule has 3 heteroatoms. The maximum absolute atomic E-state index is 12.8. The molecule has 0 atom stereocenters. The van der Waals surface area contributed by atoms with Crippen LogP contribution in [0.15, 0.2) is 24.3 Å². The van der Waals surface area contributed by atoms with Crippen molar-refractivity contribution in [2.75, 3.05) is 21.2 Å². The fourth-order valence-corrected chi connectivity index (χ4v) is 3.24. The van der Waals surface area contributed by atoms with E-state index < -0.39 is 0 Å². The third-order valence-electron chi connectivity index (χ3n) is 4.55. The van der Waals surface area contributed by atoms with Gasteiger partial charge in [0.2, 0.25) is 0 Å². The number of nitrogens with zero attached hydrogens (tertiary/aromatic N) is 1. The Kier molecular flexibility index (Phi) is 4.81. The average Bonchev–Trinajstić information content (AvgIpc) is 2.48. The van der Waals surface area contributed by atoms with Crippen LogP contribution in [0.3, 0.4) is 0 Å². The number of ketones is 1. The number of Topliss-reactive ketones (excluding diaryl/α,β-unsaturated/α-hetero) is 1. The van der Waals surface area contributed by atoms with Crippen LogP contribution in [0.4, 0.5) is 0 Å². The van der Waals surface area contributed by atoms with Gasteiger partial charge in [-0.25, -0.2) is 0 Å². The van der Waals surface area contributed by atoms with Gasteiger partial charge in [0.05, 0.1) is 12.6 Å². The number of likely N-dealkylation sites (N-methyl/N-ethyl adjacent to an activating group) is 1. The summed E-state index contributed by atoms with van der Waals surface area (Å²) in [6.07, 6.45) is 6.03. The molecule has 110 valence electrons. The van der Waals surface area contributed by atoms with Crippen molar-refractivity contribution < 1.29 is 9.53 Å². The van der Waals surface area contributed by atoms with E-state index in [1.807, 2.05) is 38.4 Å². The number of methoxy groups -OCH3 is 1. The smallest absolute Gasteiger partial charge is 0.157 e. The van der Waals surface area contributed by atoms with Crippen LogP contribution in [0.5, 0.6) is 5.75 Å². The molecule has 2 rings (SSSR count). The SMILES string of the molecule is COc1cccc(CC(=O)C2(N(C)C)CCCCC2)c1. The van der Waals surface area contributed by atoms with Crippen molar-refractivity contribution in [3.63, 3.8) is 0 Å². The molecule has 1 aromatic rings. The summed E-state index contributed by atoms with van der Waals surface area (Å²) < 4.78 is 5.23. The first-order valence-electron chi connectivity index (χ1n) is 7.42. The lowest BCUT2D eigenvalue weighted by Crippen LogP contribution is -2.53. The van der Waals surface area contributed by atoms with Crippen LogP contribution in [0.2, 0.25) is 0 Å². The molecule has 0 saturated heterocycles. The van der Waals surface area contributed by atoms with Crippen LogP contribution in [-0.4, -0.2) is 37.4 Å². The van der Waals surface area contributed by atoms with Crippen molar-refractivity contribution in [3.05, 3.63) is 29.8 Å². The third kappa shape index (κ3) is 3.04. The number of benzene rings is 1. The van der Waals surface area contributed by atoms with Gasteiger partial charge in [0.1, 0.15) is 5.75 Å². The molecule has 0 amide bonds. The molecule has 0 bridgehead atoms. The number of hydrogen-bond acceptors (Lipinski definition) is 3. The Morgan fingerprint density at radius 1 is 1.25 bits per heavy atom. The van der Waals surface area contributed by atoms with E-state index in [9.17, 15) is 4.79 Å². The average molecular weight is 275 g/mol. The number of carbonyl (C=O) groups excluding carboxylic acids is 1. The van der Waals surface area contributed by atoms with E-state index in [1.165, 1.54) is 6.42 Å². The predicted octanol–water partition coefficient (Wildman–Crippen LogP) is 3.07. The van der Waals surface area contributed by atoms with Gasteiger partial charge in [-0.1, -0.05) is 31.4 Å². The quantitative estimate of drug-likeness (QED) is 0.827. The largest absolute Gasteiger partial charge is 0.497 e. The Morgan fingerprint density at radius 2 is 1.95 bits per heavy atom. The molecule has 1 fully saturated rings. The van der Waals surface area contributed by atoms with Gasteiger partial charge in [-0.3, -0.25) is 9.69 Å². The second-order valence-electron chi connectivity index (χ2n) is 5.94. The summed E-state index contributed by atoms with van der Waals surface area (Å²) in [7, 11) is 5.73. The Hall–Kier alpha value is -1.35. The van der Waals surface area contributed by atoms with Crippen LogP contribution < -0.4 is 4.74 Å². The topological polar surface area (TPSA) is 29.5 Å². The highest BCUT2D eigenvalue weighted by atomic mass is 16.5. The molecule has 3 nitrogen and oxygen atoms in total. The second-order valence-corrected chi connectivity index (χ2v) is 5.94. The molecule has 1 aromatic carbocycles. The molecule has 0 aliphatic heterocycles. The van der Waals surface area contributed by atoms with Crippen molar-refractivity contribution >= 4 is 5.78 Å². The van der Waals surface area contributed by atoms with Gasteiger partial charge in [-0.15, -0.1) is 0 Å². The summed E-state index contributed by atoms with van der Waals surface area (Å²) in [5.41, 5.74) is 0.780. The standard InChI is InChI=1S/C17H25NO2/c1-18(2)17(10-5-4-6-11-17)16(19)13-14-8-7-9-15(12-14)20-3/h7-9,12H,4-6,10-11,13H2,1-3H3. The van der Waals surface area contributed by atoms with Gasteiger partial charge in [0.15, 0.2) is 5.78 Å². The van der Waals surface area contributed by atoms with E-state index in [1.54, 1.807) is 7.11 Å². The van der Waals surface area contributed by atoms with Crippen LogP contribution >= 0.6 is 0 Å². The molecule has 0 radical (unpaired) electrons. The van der Waals surface area contributed by atoms with E-state index in [4.69, 9.17) is 4.74 Å². The summed E-state index contributed by atoms with van der Waals surface area (Å²) in [4.78, 5) is 15.0. The molecule has 1 aliphatic rings. The predicted molar refractivity (Wildman–Crippen MR) is 81.2 cm³/mol. The summed E-state index contributed by atoms with van der Waals surface area (Å²) in [6.45, 7) is 0. The first-order chi connectivity index (χ1) is 9.58. The summed E-state index contributed by atoms with van der Waals surface area (Å²) in [6, 6.07) is 7.83. The van der Waals surface area contributed by atoms with Gasteiger partial charge >= 0.3 is 0 Å². The van der Waals surface area contributed by atoms with Gasteiger partial charge in [-0.05, 0) is 44.6 Å². The lowest BCUT2D eigenvalue weighted by molar-refractivity contribution is -0.131. The maximum Gasteiger partial charge on any atom is 0.157 e. The number of carbonyl (C=O) groups is 1. The van der Waals surface area contributed by atoms with E-state index in [0.29, 0.717) is 12.2 Å². The maximum atomic E-state index is 12.8. The molecule has 0 aromatic heterocycles. The van der Waals surface area contributed by atoms with E-state index in [0.717, 1.165) is 37.0 Å². The van der Waals surface area contributed by atoms with Crippen molar-refractivity contribution in [3.8, 4) is 5.75 Å². The lowest BCUT2D eigenvalue weighted by atomic mass is 9.76. The van der Waals surface area contributed by atoms with Crippen molar-refractivity contribution in [2.24, 2.45) is 0 Å². The second kappa shape index (κ2) is 6.40. The molecule has 1 saturated carbocycles. The molecule has 0 heterocycles. The zero-order valence-electron chi connectivity index (χ0n) is 12.8. The molecule has 0 spiro atoms. The van der Waals surface area contributed by atoms with Crippen molar-refractivity contribution in [2.45, 2.75) is 44.1 Å². The van der Waals surface area contributed by atoms with Gasteiger partial charge in [0, 0.05) is 6.42 Å². The Labute approximate surface area is 121 Å². The van der Waals surface area contributed by atoms with Crippen LogP contribution in [0.25, 0.3) is 0 Å². The first-order valence-corrected chi connectivity index (χ1v) is 7.42. The lowest BCUT2D eigenvalue weighted by Gasteiger charge is -2.41. The Morgan fingerprint density at radius 3 is 2.55 bits per heavy atom. The van der Waals surface area contributed by atoms with Crippen LogP contribution in [-0.2, 0) is 11.2 Å². The number of hydrogen-bond donors (Lipinski definition) is 0. The van der Waals surface area contributed by atoms with Crippen LogP contribution in [0.1, 0.15) is 37.7 Å². The normalized spacial score (nSPS) is 18.0. The minimum atomic E-state index is -0.263. The highest BCUT2D eigenvalue weighted by Crippen LogP contribution is 2.34. The fraction of sp³-hybridized carbons (Fsp3) is 0.588. The number of ether oxygens (including phenoxy) is 1. The summed E-state index contributed by atoms with van der Waals surface area (Å²) in [5, 5.41) is 0. The minimum Gasteiger partial charge on any atom is -0.497 e. The molecular weight excluding hydrogens is 250 g/mol. The zero-order chi connectivity index (χ0) is 14.6. The van der Waals surface area contributed by atoms with E-state index in [-0.39, 0.29) is 5.54 Å². The fourth-order valence-electron chi connectivity index (χ4n) is 3.24. The van der Waals surface area contributed by atoms with Gasteiger partial charge in [-0.2, -0.15) is 0 Å². The van der Waals surface area contributed by atoms with Gasteiger partial charge in [0.25, 0.3) is 0 Å². The van der Waals surface area contributed by atoms with E-state index in [2.05, 4.69) is 4.90 Å². The van der Waals surface area contributed by atoms with Crippen molar-refractivity contribution in [1.29, 1.82) is 0 Å². The highest BCUT2D eigenvalue weighted by molar-refractivity contribution is 5.90. The summed E-state index contributed by atoms with van der Waals surface area (Å²) >= 11 is 0.